The minimum Gasteiger partial charge on any atom is -0.396 e. The van der Waals surface area contributed by atoms with Crippen LogP contribution in [0.25, 0.3) is 0 Å². The van der Waals surface area contributed by atoms with Crippen LogP contribution < -0.4 is 11.3 Å². The van der Waals surface area contributed by atoms with Crippen molar-refractivity contribution in [2.24, 2.45) is 11.8 Å². The lowest BCUT2D eigenvalue weighted by atomic mass is 10.0. The van der Waals surface area contributed by atoms with Crippen molar-refractivity contribution in [1.29, 1.82) is 0 Å². The van der Waals surface area contributed by atoms with Crippen molar-refractivity contribution in [2.75, 3.05) is 25.1 Å². The van der Waals surface area contributed by atoms with Crippen molar-refractivity contribution in [1.82, 2.24) is 9.29 Å². The third-order valence-corrected chi connectivity index (χ3v) is 5.08. The SMILES string of the molecule is NNc1cccnc1S(=O)(=O)N1CCCC(CO)C1. The van der Waals surface area contributed by atoms with Gasteiger partial charge >= 0.3 is 0 Å². The number of hydrogen-bond acceptors (Lipinski definition) is 6. The zero-order valence-corrected chi connectivity index (χ0v) is 11.3. The summed E-state index contributed by atoms with van der Waals surface area (Å²) in [6, 6.07) is 3.17. The minimum atomic E-state index is -3.68. The maximum atomic E-state index is 12.5. The van der Waals surface area contributed by atoms with Crippen LogP contribution in [0.1, 0.15) is 12.8 Å². The molecular formula is C11H18N4O3S. The number of aromatic nitrogens is 1. The average molecular weight is 286 g/mol. The van der Waals surface area contributed by atoms with Crippen molar-refractivity contribution >= 4 is 15.7 Å². The summed E-state index contributed by atoms with van der Waals surface area (Å²) in [7, 11) is -3.68. The third-order valence-electron chi connectivity index (χ3n) is 3.25. The molecule has 0 bridgehead atoms. The van der Waals surface area contributed by atoms with E-state index in [-0.39, 0.29) is 23.2 Å². The van der Waals surface area contributed by atoms with E-state index in [1.165, 1.54) is 10.5 Å². The number of sulfonamides is 1. The summed E-state index contributed by atoms with van der Waals surface area (Å²) in [6.07, 6.45) is 3.00. The molecule has 1 aromatic rings. The number of anilines is 1. The molecule has 1 aliphatic rings. The van der Waals surface area contributed by atoms with Gasteiger partial charge in [-0.2, -0.15) is 4.31 Å². The Bertz CT molecular complexity index is 534. The van der Waals surface area contributed by atoms with Gasteiger partial charge < -0.3 is 10.5 Å². The summed E-state index contributed by atoms with van der Waals surface area (Å²) in [5.74, 6) is 5.30. The molecule has 1 unspecified atom stereocenters. The number of pyridine rings is 1. The number of hydrazine groups is 1. The van der Waals surface area contributed by atoms with E-state index in [0.717, 1.165) is 12.8 Å². The second-order valence-corrected chi connectivity index (χ2v) is 6.41. The second kappa shape index (κ2) is 5.83. The third kappa shape index (κ3) is 2.86. The number of hydrogen-bond donors (Lipinski definition) is 3. The van der Waals surface area contributed by atoms with Crippen LogP contribution in [0.5, 0.6) is 0 Å². The molecule has 1 aliphatic heterocycles. The van der Waals surface area contributed by atoms with Crippen LogP contribution in [0.15, 0.2) is 23.4 Å². The van der Waals surface area contributed by atoms with Crippen LogP contribution in [0.4, 0.5) is 5.69 Å². The lowest BCUT2D eigenvalue weighted by Crippen LogP contribution is -2.41. The molecule has 0 aromatic carbocycles. The molecule has 1 aromatic heterocycles. The van der Waals surface area contributed by atoms with E-state index in [1.54, 1.807) is 12.1 Å². The fourth-order valence-electron chi connectivity index (χ4n) is 2.22. The zero-order chi connectivity index (χ0) is 13.9. The molecule has 19 heavy (non-hydrogen) atoms. The van der Waals surface area contributed by atoms with Gasteiger partial charge in [0.1, 0.15) is 0 Å². The number of aliphatic hydroxyl groups excluding tert-OH is 1. The van der Waals surface area contributed by atoms with Crippen molar-refractivity contribution in [3.8, 4) is 0 Å². The first kappa shape index (κ1) is 14.2. The molecule has 0 spiro atoms. The fraction of sp³-hybridized carbons (Fsp3) is 0.545. The van der Waals surface area contributed by atoms with Gasteiger partial charge in [0, 0.05) is 25.9 Å². The second-order valence-electron chi connectivity index (χ2n) is 4.55. The quantitative estimate of drug-likeness (QED) is 0.521. The molecule has 0 amide bonds. The predicted molar refractivity (Wildman–Crippen MR) is 70.6 cm³/mol. The number of nitrogens with zero attached hydrogens (tertiary/aromatic N) is 2. The zero-order valence-electron chi connectivity index (χ0n) is 10.5. The van der Waals surface area contributed by atoms with Gasteiger partial charge in [-0.3, -0.25) is 5.84 Å². The van der Waals surface area contributed by atoms with Crippen molar-refractivity contribution in [2.45, 2.75) is 17.9 Å². The summed E-state index contributed by atoms with van der Waals surface area (Å²) in [5, 5.41) is 9.10. The highest BCUT2D eigenvalue weighted by Gasteiger charge is 2.32. The van der Waals surface area contributed by atoms with Gasteiger partial charge in [-0.05, 0) is 30.9 Å². The van der Waals surface area contributed by atoms with Crippen LogP contribution in [0.3, 0.4) is 0 Å². The van der Waals surface area contributed by atoms with Gasteiger partial charge in [0.2, 0.25) is 0 Å². The molecule has 7 nitrogen and oxygen atoms in total. The van der Waals surface area contributed by atoms with Crippen molar-refractivity contribution in [3.05, 3.63) is 18.3 Å². The molecule has 1 saturated heterocycles. The van der Waals surface area contributed by atoms with E-state index in [0.29, 0.717) is 13.1 Å². The first-order valence-electron chi connectivity index (χ1n) is 6.12. The molecule has 1 fully saturated rings. The normalized spacial score (nSPS) is 21.3. The number of nitrogens with two attached hydrogens (primary N) is 1. The standard InChI is InChI=1S/C11H18N4O3S/c12-14-10-4-1-5-13-11(10)19(17,18)15-6-2-3-9(7-15)8-16/h1,4-5,9,14,16H,2-3,6-8,12H2. The van der Waals surface area contributed by atoms with Crippen LogP contribution in [0, 0.1) is 5.92 Å². The van der Waals surface area contributed by atoms with E-state index in [4.69, 9.17) is 5.84 Å². The maximum Gasteiger partial charge on any atom is 0.262 e. The fourth-order valence-corrected chi connectivity index (χ4v) is 3.84. The smallest absolute Gasteiger partial charge is 0.262 e. The molecular weight excluding hydrogens is 268 g/mol. The van der Waals surface area contributed by atoms with Crippen LogP contribution in [-0.4, -0.2) is 42.5 Å². The summed E-state index contributed by atoms with van der Waals surface area (Å²) in [5.41, 5.74) is 2.62. The van der Waals surface area contributed by atoms with Crippen molar-refractivity contribution < 1.29 is 13.5 Å². The molecule has 106 valence electrons. The first-order valence-corrected chi connectivity index (χ1v) is 7.56. The topological polar surface area (TPSA) is 109 Å². The maximum absolute atomic E-state index is 12.5. The molecule has 0 radical (unpaired) electrons. The lowest BCUT2D eigenvalue weighted by Gasteiger charge is -2.30. The van der Waals surface area contributed by atoms with Crippen LogP contribution in [0.2, 0.25) is 0 Å². The molecule has 8 heteroatoms. The van der Waals surface area contributed by atoms with Gasteiger partial charge in [-0.25, -0.2) is 13.4 Å². The van der Waals surface area contributed by atoms with Crippen LogP contribution in [-0.2, 0) is 10.0 Å². The summed E-state index contributed by atoms with van der Waals surface area (Å²) in [6.45, 7) is 0.759. The Morgan fingerprint density at radius 2 is 2.37 bits per heavy atom. The highest BCUT2D eigenvalue weighted by molar-refractivity contribution is 7.89. The van der Waals surface area contributed by atoms with E-state index in [2.05, 4.69) is 10.4 Å². The number of piperidine rings is 1. The molecule has 4 N–H and O–H groups in total. The van der Waals surface area contributed by atoms with E-state index in [9.17, 15) is 13.5 Å². The highest BCUT2D eigenvalue weighted by Crippen LogP contribution is 2.26. The van der Waals surface area contributed by atoms with Gasteiger partial charge in [-0.1, -0.05) is 0 Å². The number of aliphatic hydroxyl groups is 1. The Labute approximate surface area is 112 Å². The number of nitrogens with one attached hydrogen (secondary N) is 1. The van der Waals surface area contributed by atoms with Crippen LogP contribution >= 0.6 is 0 Å². The Hall–Kier alpha value is -1.22. The molecule has 1 atom stereocenters. The largest absolute Gasteiger partial charge is 0.396 e. The van der Waals surface area contributed by atoms with E-state index >= 15 is 0 Å². The molecule has 0 saturated carbocycles. The van der Waals surface area contributed by atoms with Gasteiger partial charge in [0.05, 0.1) is 5.69 Å². The summed E-state index contributed by atoms with van der Waals surface area (Å²) in [4.78, 5) is 3.91. The minimum absolute atomic E-state index is 0.00374. The van der Waals surface area contributed by atoms with Gasteiger partial charge in [0.15, 0.2) is 5.03 Å². The van der Waals surface area contributed by atoms with E-state index in [1.807, 2.05) is 0 Å². The van der Waals surface area contributed by atoms with Gasteiger partial charge in [0.25, 0.3) is 10.0 Å². The van der Waals surface area contributed by atoms with E-state index < -0.39 is 10.0 Å². The Kier molecular flexibility index (Phi) is 4.35. The monoisotopic (exact) mass is 286 g/mol. The first-order chi connectivity index (χ1) is 9.09. The molecule has 0 aliphatic carbocycles. The van der Waals surface area contributed by atoms with Crippen molar-refractivity contribution in [3.63, 3.8) is 0 Å². The lowest BCUT2D eigenvalue weighted by molar-refractivity contribution is 0.165. The number of nitrogen functional groups attached to an aromatic ring is 1. The molecule has 2 heterocycles. The summed E-state index contributed by atoms with van der Waals surface area (Å²) >= 11 is 0. The average Bonchev–Trinajstić information content (AvgIpc) is 2.47. The highest BCUT2D eigenvalue weighted by atomic mass is 32.2. The van der Waals surface area contributed by atoms with Gasteiger partial charge in [-0.15, -0.1) is 0 Å². The Balaban J connectivity index is 2.31. The molecule has 2 rings (SSSR count). The Morgan fingerprint density at radius 1 is 1.58 bits per heavy atom. The number of rotatable bonds is 4. The predicted octanol–water partition coefficient (Wildman–Crippen LogP) is -0.240. The Morgan fingerprint density at radius 3 is 3.05 bits per heavy atom. The summed E-state index contributed by atoms with van der Waals surface area (Å²) < 4.78 is 26.4.